The molecule has 1 aliphatic rings. The molecule has 8 heteroatoms. The molecular weight excluding hydrogens is 339 g/mol. The standard InChI is InChI=1S/C14H11ClF3NO2S/c1-7(20)21-13(5-9(6-13)14(16,17)18)10-4-8-2-3-11(15)19-12(8)22-10/h2-4,9H,5-6H2,1H3. The molecule has 0 aromatic carbocycles. The predicted molar refractivity (Wildman–Crippen MR) is 76.9 cm³/mol. The van der Waals surface area contributed by atoms with Gasteiger partial charge in [0.05, 0.1) is 10.8 Å². The van der Waals surface area contributed by atoms with Gasteiger partial charge in [-0.1, -0.05) is 11.6 Å². The summed E-state index contributed by atoms with van der Waals surface area (Å²) in [7, 11) is 0. The largest absolute Gasteiger partial charge is 0.453 e. The number of nitrogens with zero attached hydrogens (tertiary/aromatic N) is 1. The number of pyridine rings is 1. The molecule has 2 aromatic heterocycles. The highest BCUT2D eigenvalue weighted by molar-refractivity contribution is 7.18. The molecule has 0 radical (unpaired) electrons. The summed E-state index contributed by atoms with van der Waals surface area (Å²) in [6.45, 7) is 1.20. The van der Waals surface area contributed by atoms with E-state index in [0.717, 1.165) is 5.39 Å². The first-order valence-electron chi connectivity index (χ1n) is 6.52. The molecule has 2 heterocycles. The Morgan fingerprint density at radius 3 is 2.73 bits per heavy atom. The zero-order valence-electron chi connectivity index (χ0n) is 11.4. The number of alkyl halides is 3. The number of hydrogen-bond acceptors (Lipinski definition) is 4. The molecule has 118 valence electrons. The quantitative estimate of drug-likeness (QED) is 0.583. The predicted octanol–water partition coefficient (Wildman–Crippen LogP) is 4.68. The molecule has 0 unspecified atom stereocenters. The van der Waals surface area contributed by atoms with Crippen molar-refractivity contribution in [1.29, 1.82) is 0 Å². The molecule has 0 aliphatic heterocycles. The summed E-state index contributed by atoms with van der Waals surface area (Å²) >= 11 is 7.03. The number of halogens is 4. The van der Waals surface area contributed by atoms with Crippen LogP contribution in [0.2, 0.25) is 5.15 Å². The average Bonchev–Trinajstić information content (AvgIpc) is 2.74. The van der Waals surface area contributed by atoms with Crippen molar-refractivity contribution in [2.24, 2.45) is 5.92 Å². The Morgan fingerprint density at radius 1 is 1.45 bits per heavy atom. The fourth-order valence-corrected chi connectivity index (χ4v) is 4.07. The second kappa shape index (κ2) is 5.09. The normalized spacial score (nSPS) is 25.0. The average molecular weight is 350 g/mol. The number of carbonyl (C=O) groups excluding carboxylic acids is 1. The summed E-state index contributed by atoms with van der Waals surface area (Å²) in [4.78, 5) is 16.6. The Balaban J connectivity index is 1.97. The summed E-state index contributed by atoms with van der Waals surface area (Å²) in [5.74, 6) is -2.04. The Morgan fingerprint density at radius 2 is 2.14 bits per heavy atom. The minimum absolute atomic E-state index is 0.253. The molecule has 1 saturated carbocycles. The van der Waals surface area contributed by atoms with Crippen LogP contribution in [0.25, 0.3) is 10.2 Å². The number of carbonyl (C=O) groups is 1. The topological polar surface area (TPSA) is 39.2 Å². The van der Waals surface area contributed by atoms with Gasteiger partial charge in [0.25, 0.3) is 0 Å². The van der Waals surface area contributed by atoms with E-state index in [9.17, 15) is 18.0 Å². The van der Waals surface area contributed by atoms with Crippen LogP contribution in [-0.4, -0.2) is 17.1 Å². The van der Waals surface area contributed by atoms with Gasteiger partial charge in [-0.2, -0.15) is 13.2 Å². The number of hydrogen-bond donors (Lipinski definition) is 0. The Hall–Kier alpha value is -1.34. The Bertz CT molecular complexity index is 737. The molecule has 0 saturated heterocycles. The van der Waals surface area contributed by atoms with Gasteiger partial charge in [-0.3, -0.25) is 4.79 Å². The SMILES string of the molecule is CC(=O)OC1(c2cc3ccc(Cl)nc3s2)CC(C(F)(F)F)C1. The van der Waals surface area contributed by atoms with Gasteiger partial charge in [0.1, 0.15) is 15.6 Å². The number of rotatable bonds is 2. The summed E-state index contributed by atoms with van der Waals surface area (Å²) in [6.07, 6.45) is -4.78. The van der Waals surface area contributed by atoms with E-state index >= 15 is 0 Å². The molecule has 1 aliphatic carbocycles. The molecule has 1 fully saturated rings. The minimum Gasteiger partial charge on any atom is -0.453 e. The van der Waals surface area contributed by atoms with Crippen molar-refractivity contribution in [2.45, 2.75) is 31.5 Å². The molecule has 2 aromatic rings. The number of esters is 1. The Kier molecular flexibility index (Phi) is 3.60. The molecule has 0 bridgehead atoms. The van der Waals surface area contributed by atoms with Gasteiger partial charge in [-0.05, 0) is 18.2 Å². The summed E-state index contributed by atoms with van der Waals surface area (Å²) in [5, 5.41) is 1.08. The van der Waals surface area contributed by atoms with Crippen LogP contribution in [0, 0.1) is 5.92 Å². The van der Waals surface area contributed by atoms with E-state index < -0.39 is 23.7 Å². The van der Waals surface area contributed by atoms with Crippen LogP contribution >= 0.6 is 22.9 Å². The van der Waals surface area contributed by atoms with Crippen LogP contribution in [0.15, 0.2) is 18.2 Å². The fourth-order valence-electron chi connectivity index (χ4n) is 2.70. The maximum absolute atomic E-state index is 12.8. The third-order valence-corrected chi connectivity index (χ3v) is 5.19. The van der Waals surface area contributed by atoms with Crippen molar-refractivity contribution in [2.75, 3.05) is 0 Å². The fraction of sp³-hybridized carbons (Fsp3) is 0.429. The van der Waals surface area contributed by atoms with E-state index in [1.807, 2.05) is 0 Å². The van der Waals surface area contributed by atoms with Crippen LogP contribution in [0.3, 0.4) is 0 Å². The lowest BCUT2D eigenvalue weighted by molar-refractivity contribution is -0.249. The molecule has 0 amide bonds. The van der Waals surface area contributed by atoms with Crippen LogP contribution in [0.4, 0.5) is 13.2 Å². The molecule has 3 nitrogen and oxygen atoms in total. The van der Waals surface area contributed by atoms with Gasteiger partial charge in [0, 0.05) is 25.2 Å². The van der Waals surface area contributed by atoms with Gasteiger partial charge in [0.15, 0.2) is 0 Å². The monoisotopic (exact) mass is 349 g/mol. The van der Waals surface area contributed by atoms with Crippen molar-refractivity contribution in [3.8, 4) is 0 Å². The highest BCUT2D eigenvalue weighted by atomic mass is 35.5. The van der Waals surface area contributed by atoms with E-state index in [0.29, 0.717) is 14.9 Å². The molecule has 3 rings (SSSR count). The highest BCUT2D eigenvalue weighted by Crippen LogP contribution is 2.56. The van der Waals surface area contributed by atoms with Crippen LogP contribution in [0.5, 0.6) is 0 Å². The number of aromatic nitrogens is 1. The van der Waals surface area contributed by atoms with Gasteiger partial charge in [-0.25, -0.2) is 4.98 Å². The van der Waals surface area contributed by atoms with Gasteiger partial charge < -0.3 is 4.74 Å². The van der Waals surface area contributed by atoms with Crippen molar-refractivity contribution < 1.29 is 22.7 Å². The van der Waals surface area contributed by atoms with E-state index in [4.69, 9.17) is 16.3 Å². The summed E-state index contributed by atoms with van der Waals surface area (Å²) in [5.41, 5.74) is -1.20. The van der Waals surface area contributed by atoms with Crippen LogP contribution < -0.4 is 0 Å². The summed E-state index contributed by atoms with van der Waals surface area (Å²) < 4.78 is 43.6. The summed E-state index contributed by atoms with van der Waals surface area (Å²) in [6, 6.07) is 5.07. The van der Waals surface area contributed by atoms with Crippen molar-refractivity contribution >= 4 is 39.1 Å². The molecular formula is C14H11ClF3NO2S. The van der Waals surface area contributed by atoms with E-state index in [1.165, 1.54) is 18.3 Å². The van der Waals surface area contributed by atoms with Crippen molar-refractivity contribution in [3.63, 3.8) is 0 Å². The second-order valence-electron chi connectivity index (χ2n) is 5.37. The third-order valence-electron chi connectivity index (χ3n) is 3.75. The van der Waals surface area contributed by atoms with Crippen LogP contribution in [0.1, 0.15) is 24.6 Å². The first-order chi connectivity index (χ1) is 10.2. The highest BCUT2D eigenvalue weighted by Gasteiger charge is 2.59. The lowest BCUT2D eigenvalue weighted by atomic mass is 9.69. The third kappa shape index (κ3) is 2.67. The van der Waals surface area contributed by atoms with E-state index in [1.54, 1.807) is 18.2 Å². The number of fused-ring (bicyclic) bond motifs is 1. The molecule has 0 N–H and O–H groups in total. The lowest BCUT2D eigenvalue weighted by Gasteiger charge is -2.46. The van der Waals surface area contributed by atoms with Crippen molar-refractivity contribution in [3.05, 3.63) is 28.2 Å². The zero-order valence-corrected chi connectivity index (χ0v) is 13.0. The smallest absolute Gasteiger partial charge is 0.392 e. The molecule has 0 atom stereocenters. The molecule has 0 spiro atoms. The zero-order chi connectivity index (χ0) is 16.1. The van der Waals surface area contributed by atoms with Gasteiger partial charge in [-0.15, -0.1) is 11.3 Å². The lowest BCUT2D eigenvalue weighted by Crippen LogP contribution is -2.49. The van der Waals surface area contributed by atoms with Crippen LogP contribution in [-0.2, 0) is 15.1 Å². The first kappa shape index (κ1) is 15.6. The molecule has 22 heavy (non-hydrogen) atoms. The van der Waals surface area contributed by atoms with E-state index in [-0.39, 0.29) is 12.8 Å². The number of ether oxygens (including phenoxy) is 1. The van der Waals surface area contributed by atoms with Gasteiger partial charge in [0.2, 0.25) is 0 Å². The van der Waals surface area contributed by atoms with Gasteiger partial charge >= 0.3 is 12.1 Å². The maximum Gasteiger partial charge on any atom is 0.392 e. The maximum atomic E-state index is 12.8. The second-order valence-corrected chi connectivity index (χ2v) is 6.79. The first-order valence-corrected chi connectivity index (χ1v) is 7.72. The minimum atomic E-state index is -4.28. The van der Waals surface area contributed by atoms with Crippen molar-refractivity contribution in [1.82, 2.24) is 4.98 Å². The number of thiophene rings is 1. The Labute approximate surface area is 133 Å². The van der Waals surface area contributed by atoms with E-state index in [2.05, 4.69) is 4.98 Å².